The molecule has 0 saturated carbocycles. The zero-order valence-corrected chi connectivity index (χ0v) is 11.1. The summed E-state index contributed by atoms with van der Waals surface area (Å²) in [5.41, 5.74) is -0.973. The average molecular weight is 273 g/mol. The van der Waals surface area contributed by atoms with Gasteiger partial charge in [0.25, 0.3) is 5.91 Å². The van der Waals surface area contributed by atoms with E-state index in [0.717, 1.165) is 6.42 Å². The Balaban J connectivity index is 2.55. The topological polar surface area (TPSA) is 102 Å². The lowest BCUT2D eigenvalue weighted by molar-refractivity contribution is -0.148. The monoisotopic (exact) mass is 273 g/mol. The van der Waals surface area contributed by atoms with Gasteiger partial charge in [-0.1, -0.05) is 0 Å². The highest BCUT2D eigenvalue weighted by Crippen LogP contribution is 2.25. The molecule has 0 aromatic rings. The first-order valence-electron chi connectivity index (χ1n) is 6.13. The maximum absolute atomic E-state index is 12.0. The van der Waals surface area contributed by atoms with E-state index in [4.69, 9.17) is 9.84 Å². The van der Waals surface area contributed by atoms with Crippen molar-refractivity contribution in [3.63, 3.8) is 0 Å². The minimum Gasteiger partial charge on any atom is -0.480 e. The van der Waals surface area contributed by atoms with Crippen LogP contribution in [0.25, 0.3) is 0 Å². The maximum atomic E-state index is 12.0. The lowest BCUT2D eigenvalue weighted by atomic mass is 10.0. The number of amides is 1. The molecule has 1 heterocycles. The zero-order chi connectivity index (χ0) is 14.5. The molecule has 1 saturated heterocycles. The number of ether oxygens (including phenoxy) is 2. The molecule has 1 rings (SSSR count). The van der Waals surface area contributed by atoms with Crippen LogP contribution in [0.3, 0.4) is 0 Å². The zero-order valence-electron chi connectivity index (χ0n) is 11.1. The second-order valence-corrected chi connectivity index (χ2v) is 4.66. The molecule has 7 heteroatoms. The summed E-state index contributed by atoms with van der Waals surface area (Å²) in [6, 6.07) is -1.12. The predicted molar refractivity (Wildman–Crippen MR) is 64.4 cm³/mol. The summed E-state index contributed by atoms with van der Waals surface area (Å²) in [4.78, 5) is 34.0. The molecule has 2 unspecified atom stereocenters. The predicted octanol–water partition coefficient (Wildman–Crippen LogP) is 0.0781. The molecule has 0 aliphatic carbocycles. The number of carbonyl (C=O) groups is 3. The van der Waals surface area contributed by atoms with Gasteiger partial charge in [0, 0.05) is 13.0 Å². The van der Waals surface area contributed by atoms with Crippen LogP contribution in [0.15, 0.2) is 0 Å². The van der Waals surface area contributed by atoms with Gasteiger partial charge in [-0.2, -0.15) is 0 Å². The number of methoxy groups -OCH3 is 1. The molecule has 1 aliphatic heterocycles. The number of carbonyl (C=O) groups excluding carboxylic acids is 2. The van der Waals surface area contributed by atoms with Gasteiger partial charge in [0.1, 0.15) is 11.6 Å². The first kappa shape index (κ1) is 15.4. The van der Waals surface area contributed by atoms with Crippen LogP contribution in [0, 0.1) is 0 Å². The fourth-order valence-corrected chi connectivity index (χ4v) is 1.89. The lowest BCUT2D eigenvalue weighted by Crippen LogP contribution is -2.50. The van der Waals surface area contributed by atoms with Crippen LogP contribution in [-0.4, -0.2) is 48.3 Å². The van der Waals surface area contributed by atoms with Gasteiger partial charge >= 0.3 is 11.9 Å². The summed E-state index contributed by atoms with van der Waals surface area (Å²) >= 11 is 0. The highest BCUT2D eigenvalue weighted by atomic mass is 16.5. The molecule has 0 bridgehead atoms. The van der Waals surface area contributed by atoms with Crippen molar-refractivity contribution in [1.82, 2.24) is 5.32 Å². The van der Waals surface area contributed by atoms with E-state index in [2.05, 4.69) is 10.1 Å². The van der Waals surface area contributed by atoms with Crippen molar-refractivity contribution in [2.24, 2.45) is 0 Å². The molecule has 0 aromatic heterocycles. The van der Waals surface area contributed by atoms with E-state index < -0.39 is 29.5 Å². The molecule has 0 spiro atoms. The van der Waals surface area contributed by atoms with Gasteiger partial charge in [-0.25, -0.2) is 4.79 Å². The molecule has 1 fully saturated rings. The number of hydrogen-bond acceptors (Lipinski definition) is 5. The van der Waals surface area contributed by atoms with Crippen molar-refractivity contribution in [2.45, 2.75) is 44.2 Å². The fraction of sp³-hybridized carbons (Fsp3) is 0.750. The maximum Gasteiger partial charge on any atom is 0.326 e. The van der Waals surface area contributed by atoms with E-state index >= 15 is 0 Å². The molecule has 108 valence electrons. The first-order chi connectivity index (χ1) is 8.89. The van der Waals surface area contributed by atoms with E-state index in [0.29, 0.717) is 13.0 Å². The van der Waals surface area contributed by atoms with E-state index in [1.54, 1.807) is 6.92 Å². The Labute approximate surface area is 111 Å². The summed E-state index contributed by atoms with van der Waals surface area (Å²) < 4.78 is 9.77. The van der Waals surface area contributed by atoms with Crippen LogP contribution < -0.4 is 5.32 Å². The van der Waals surface area contributed by atoms with Crippen molar-refractivity contribution in [3.8, 4) is 0 Å². The van der Waals surface area contributed by atoms with Crippen molar-refractivity contribution >= 4 is 17.8 Å². The summed E-state index contributed by atoms with van der Waals surface area (Å²) in [5.74, 6) is -2.15. The Hall–Kier alpha value is -1.63. The summed E-state index contributed by atoms with van der Waals surface area (Å²) in [5, 5.41) is 11.4. The van der Waals surface area contributed by atoms with Gasteiger partial charge in [-0.3, -0.25) is 9.59 Å². The normalized spacial score (nSPS) is 23.7. The molecule has 2 atom stereocenters. The third-order valence-corrected chi connectivity index (χ3v) is 3.17. The van der Waals surface area contributed by atoms with Crippen LogP contribution in [-0.2, 0) is 23.9 Å². The minimum atomic E-state index is -1.18. The number of nitrogens with one attached hydrogen (secondary N) is 1. The van der Waals surface area contributed by atoms with Crippen molar-refractivity contribution < 1.29 is 29.0 Å². The first-order valence-corrected chi connectivity index (χ1v) is 6.13. The van der Waals surface area contributed by atoms with E-state index in [9.17, 15) is 14.4 Å². The van der Waals surface area contributed by atoms with Gasteiger partial charge in [-0.05, 0) is 26.2 Å². The van der Waals surface area contributed by atoms with Crippen LogP contribution >= 0.6 is 0 Å². The largest absolute Gasteiger partial charge is 0.480 e. The third-order valence-electron chi connectivity index (χ3n) is 3.17. The number of aliphatic carboxylic acids is 1. The Kier molecular flexibility index (Phi) is 5.29. The molecule has 2 N–H and O–H groups in total. The average Bonchev–Trinajstić information content (AvgIpc) is 2.81. The second-order valence-electron chi connectivity index (χ2n) is 4.66. The quantitative estimate of drug-likeness (QED) is 0.664. The standard InChI is InChI=1S/C12H19NO6/c1-12(6-3-7-19-12)11(17)13-8(10(15)16)4-5-9(14)18-2/h8H,3-7H2,1-2H3,(H,13,17)(H,15,16). The number of esters is 1. The number of rotatable bonds is 6. The van der Waals surface area contributed by atoms with Gasteiger partial charge in [0.2, 0.25) is 0 Å². The third kappa shape index (κ3) is 4.20. The minimum absolute atomic E-state index is 0.0101. The van der Waals surface area contributed by atoms with Crippen molar-refractivity contribution in [2.75, 3.05) is 13.7 Å². The van der Waals surface area contributed by atoms with E-state index in [1.807, 2.05) is 0 Å². The summed E-state index contributed by atoms with van der Waals surface area (Å²) in [6.45, 7) is 2.12. The Morgan fingerprint density at radius 2 is 2.16 bits per heavy atom. The lowest BCUT2D eigenvalue weighted by Gasteiger charge is -2.24. The smallest absolute Gasteiger partial charge is 0.326 e. The highest BCUT2D eigenvalue weighted by molar-refractivity contribution is 5.89. The summed E-state index contributed by atoms with van der Waals surface area (Å²) in [7, 11) is 1.23. The number of carboxylic acid groups (broad SMARTS) is 1. The molecule has 0 aromatic carbocycles. The number of carboxylic acids is 1. The van der Waals surface area contributed by atoms with Crippen molar-refractivity contribution in [1.29, 1.82) is 0 Å². The highest BCUT2D eigenvalue weighted by Gasteiger charge is 2.39. The molecule has 1 amide bonds. The Bertz CT molecular complexity index is 361. The van der Waals surface area contributed by atoms with Gasteiger partial charge < -0.3 is 19.9 Å². The molecule has 7 nitrogen and oxygen atoms in total. The van der Waals surface area contributed by atoms with Crippen LogP contribution in [0.2, 0.25) is 0 Å². The number of hydrogen-bond donors (Lipinski definition) is 2. The van der Waals surface area contributed by atoms with Crippen LogP contribution in [0.5, 0.6) is 0 Å². The van der Waals surface area contributed by atoms with E-state index in [1.165, 1.54) is 7.11 Å². The Morgan fingerprint density at radius 3 is 2.63 bits per heavy atom. The SMILES string of the molecule is COC(=O)CCC(NC(=O)C1(C)CCCO1)C(=O)O. The van der Waals surface area contributed by atoms with Gasteiger partial charge in [-0.15, -0.1) is 0 Å². The van der Waals surface area contributed by atoms with Crippen LogP contribution in [0.1, 0.15) is 32.6 Å². The van der Waals surface area contributed by atoms with E-state index in [-0.39, 0.29) is 12.8 Å². The Morgan fingerprint density at radius 1 is 1.47 bits per heavy atom. The fourth-order valence-electron chi connectivity index (χ4n) is 1.89. The van der Waals surface area contributed by atoms with Gasteiger partial charge in [0.15, 0.2) is 0 Å². The molecule has 19 heavy (non-hydrogen) atoms. The molecule has 1 aliphatic rings. The molecular weight excluding hydrogens is 254 g/mol. The molecular formula is C12H19NO6. The van der Waals surface area contributed by atoms with Crippen molar-refractivity contribution in [3.05, 3.63) is 0 Å². The molecule has 0 radical (unpaired) electrons. The second kappa shape index (κ2) is 6.51. The van der Waals surface area contributed by atoms with Crippen LogP contribution in [0.4, 0.5) is 0 Å². The van der Waals surface area contributed by atoms with Gasteiger partial charge in [0.05, 0.1) is 7.11 Å². The summed E-state index contributed by atoms with van der Waals surface area (Å²) in [6.07, 6.45) is 1.25.